The summed E-state index contributed by atoms with van der Waals surface area (Å²) in [6.45, 7) is 6.63. The maximum Gasteiger partial charge on any atom is 0.222 e. The van der Waals surface area contributed by atoms with Gasteiger partial charge in [-0.3, -0.25) is 9.69 Å². The van der Waals surface area contributed by atoms with Crippen LogP contribution in [0.3, 0.4) is 0 Å². The van der Waals surface area contributed by atoms with Crippen LogP contribution < -0.4 is 0 Å². The van der Waals surface area contributed by atoms with E-state index in [1.807, 2.05) is 13.0 Å². The highest BCUT2D eigenvalue weighted by Gasteiger charge is 2.24. The highest BCUT2D eigenvalue weighted by atomic mass is 16.3. The molecule has 1 aromatic heterocycles. The summed E-state index contributed by atoms with van der Waals surface area (Å²) in [6, 6.07) is 4.08. The van der Waals surface area contributed by atoms with Gasteiger partial charge < -0.3 is 9.32 Å². The summed E-state index contributed by atoms with van der Waals surface area (Å²) in [5.74, 6) is 3.03. The molecule has 3 rings (SSSR count). The second kappa shape index (κ2) is 7.32. The first-order valence-corrected chi connectivity index (χ1v) is 8.76. The Bertz CT molecular complexity index is 491. The molecule has 2 fully saturated rings. The summed E-state index contributed by atoms with van der Waals surface area (Å²) >= 11 is 0. The Morgan fingerprint density at radius 1 is 1.14 bits per heavy atom. The fourth-order valence-electron chi connectivity index (χ4n) is 3.76. The van der Waals surface area contributed by atoms with Crippen LogP contribution in [0.2, 0.25) is 0 Å². The molecule has 1 aromatic rings. The molecule has 4 nitrogen and oxygen atoms in total. The summed E-state index contributed by atoms with van der Waals surface area (Å²) in [4.78, 5) is 17.0. The number of amides is 1. The van der Waals surface area contributed by atoms with E-state index in [4.69, 9.17) is 4.42 Å². The van der Waals surface area contributed by atoms with Crippen molar-refractivity contribution in [2.24, 2.45) is 5.92 Å². The van der Waals surface area contributed by atoms with Crippen molar-refractivity contribution in [3.05, 3.63) is 23.7 Å². The molecule has 1 saturated heterocycles. The van der Waals surface area contributed by atoms with Crippen molar-refractivity contribution in [1.29, 1.82) is 0 Å². The van der Waals surface area contributed by atoms with Crippen molar-refractivity contribution in [3.63, 3.8) is 0 Å². The molecule has 22 heavy (non-hydrogen) atoms. The molecule has 0 N–H and O–H groups in total. The van der Waals surface area contributed by atoms with Crippen molar-refractivity contribution in [2.45, 2.75) is 52.0 Å². The minimum Gasteiger partial charge on any atom is -0.465 e. The van der Waals surface area contributed by atoms with E-state index in [9.17, 15) is 4.79 Å². The summed E-state index contributed by atoms with van der Waals surface area (Å²) in [5, 5.41) is 0. The van der Waals surface area contributed by atoms with Crippen LogP contribution in [0.25, 0.3) is 0 Å². The zero-order chi connectivity index (χ0) is 15.4. The van der Waals surface area contributed by atoms with Crippen LogP contribution in [0.1, 0.15) is 50.0 Å². The zero-order valence-corrected chi connectivity index (χ0v) is 13.7. The molecule has 0 aromatic carbocycles. The Kier molecular flexibility index (Phi) is 5.19. The standard InChI is InChI=1S/C18H28N2O2/c1-15-7-8-17(22-15)14-19-9-4-10-20(12-11-19)18(21)13-16-5-2-3-6-16/h7-8,16H,2-6,9-14H2,1H3. The molecule has 0 atom stereocenters. The molecule has 1 aliphatic heterocycles. The number of aryl methyl sites for hydroxylation is 1. The van der Waals surface area contributed by atoms with Crippen LogP contribution in [0, 0.1) is 12.8 Å². The molecule has 0 bridgehead atoms. The van der Waals surface area contributed by atoms with Gasteiger partial charge in [-0.25, -0.2) is 0 Å². The van der Waals surface area contributed by atoms with Gasteiger partial charge in [0.2, 0.25) is 5.91 Å². The number of hydrogen-bond acceptors (Lipinski definition) is 3. The second-order valence-corrected chi connectivity index (χ2v) is 6.88. The molecule has 2 heterocycles. The first kappa shape index (κ1) is 15.6. The second-order valence-electron chi connectivity index (χ2n) is 6.88. The van der Waals surface area contributed by atoms with Crippen molar-refractivity contribution in [1.82, 2.24) is 9.80 Å². The molecule has 122 valence electrons. The third-order valence-corrected chi connectivity index (χ3v) is 5.05. The van der Waals surface area contributed by atoms with Gasteiger partial charge in [-0.05, 0) is 44.2 Å². The van der Waals surface area contributed by atoms with Crippen LogP contribution in [0.5, 0.6) is 0 Å². The van der Waals surface area contributed by atoms with Gasteiger partial charge in [0.05, 0.1) is 6.54 Å². The molecule has 2 aliphatic rings. The molecule has 0 spiro atoms. The number of nitrogens with zero attached hydrogens (tertiary/aromatic N) is 2. The summed E-state index contributed by atoms with van der Waals surface area (Å²) in [6.07, 6.45) is 6.98. The van der Waals surface area contributed by atoms with E-state index >= 15 is 0 Å². The number of carbonyl (C=O) groups excluding carboxylic acids is 1. The number of carbonyl (C=O) groups is 1. The normalized spacial score (nSPS) is 21.2. The van der Waals surface area contributed by atoms with Crippen LogP contribution in [0.4, 0.5) is 0 Å². The quantitative estimate of drug-likeness (QED) is 0.857. The van der Waals surface area contributed by atoms with E-state index < -0.39 is 0 Å². The summed E-state index contributed by atoms with van der Waals surface area (Å²) in [7, 11) is 0. The Morgan fingerprint density at radius 2 is 1.95 bits per heavy atom. The van der Waals surface area contributed by atoms with E-state index in [0.717, 1.165) is 57.1 Å². The minimum atomic E-state index is 0.377. The average Bonchev–Trinajstić information content (AvgIpc) is 3.07. The average molecular weight is 304 g/mol. The van der Waals surface area contributed by atoms with Crippen LogP contribution in [0.15, 0.2) is 16.5 Å². The van der Waals surface area contributed by atoms with Crippen molar-refractivity contribution < 1.29 is 9.21 Å². The Morgan fingerprint density at radius 3 is 2.68 bits per heavy atom. The molecule has 1 aliphatic carbocycles. The molecular weight excluding hydrogens is 276 g/mol. The highest BCUT2D eigenvalue weighted by molar-refractivity contribution is 5.76. The van der Waals surface area contributed by atoms with Gasteiger partial charge in [0.15, 0.2) is 0 Å². The molecule has 1 amide bonds. The third-order valence-electron chi connectivity index (χ3n) is 5.05. The first-order valence-electron chi connectivity index (χ1n) is 8.76. The molecule has 0 unspecified atom stereocenters. The minimum absolute atomic E-state index is 0.377. The smallest absolute Gasteiger partial charge is 0.222 e. The lowest BCUT2D eigenvalue weighted by molar-refractivity contribution is -0.132. The van der Waals surface area contributed by atoms with Crippen LogP contribution in [-0.2, 0) is 11.3 Å². The number of furan rings is 1. The van der Waals surface area contributed by atoms with E-state index in [1.165, 1.54) is 25.7 Å². The maximum absolute atomic E-state index is 12.5. The van der Waals surface area contributed by atoms with Gasteiger partial charge in [-0.1, -0.05) is 12.8 Å². The number of rotatable bonds is 4. The van der Waals surface area contributed by atoms with E-state index in [0.29, 0.717) is 11.8 Å². The van der Waals surface area contributed by atoms with Crippen LogP contribution in [-0.4, -0.2) is 41.9 Å². The van der Waals surface area contributed by atoms with E-state index in [1.54, 1.807) is 0 Å². The zero-order valence-electron chi connectivity index (χ0n) is 13.7. The predicted octanol–water partition coefficient (Wildman–Crippen LogP) is 3.20. The molecule has 0 radical (unpaired) electrons. The van der Waals surface area contributed by atoms with Gasteiger partial charge in [0.1, 0.15) is 11.5 Å². The molecule has 4 heteroatoms. The van der Waals surface area contributed by atoms with Crippen molar-refractivity contribution >= 4 is 5.91 Å². The summed E-state index contributed by atoms with van der Waals surface area (Å²) < 4.78 is 5.67. The molecule has 1 saturated carbocycles. The predicted molar refractivity (Wildman–Crippen MR) is 86.5 cm³/mol. The lowest BCUT2D eigenvalue weighted by atomic mass is 10.0. The van der Waals surface area contributed by atoms with Gasteiger partial charge in [-0.15, -0.1) is 0 Å². The lowest BCUT2D eigenvalue weighted by Gasteiger charge is -2.23. The summed E-state index contributed by atoms with van der Waals surface area (Å²) in [5.41, 5.74) is 0. The topological polar surface area (TPSA) is 36.7 Å². The Balaban J connectivity index is 1.47. The molecular formula is C18H28N2O2. The highest BCUT2D eigenvalue weighted by Crippen LogP contribution is 2.28. The lowest BCUT2D eigenvalue weighted by Crippen LogP contribution is -2.35. The van der Waals surface area contributed by atoms with Gasteiger partial charge >= 0.3 is 0 Å². The van der Waals surface area contributed by atoms with E-state index in [-0.39, 0.29) is 0 Å². The van der Waals surface area contributed by atoms with Crippen molar-refractivity contribution in [3.8, 4) is 0 Å². The maximum atomic E-state index is 12.5. The van der Waals surface area contributed by atoms with Gasteiger partial charge in [-0.2, -0.15) is 0 Å². The Labute approximate surface area is 133 Å². The third kappa shape index (κ3) is 4.13. The fraction of sp³-hybridized carbons (Fsp3) is 0.722. The van der Waals surface area contributed by atoms with Gasteiger partial charge in [0, 0.05) is 32.6 Å². The first-order chi connectivity index (χ1) is 10.7. The largest absolute Gasteiger partial charge is 0.465 e. The fourth-order valence-corrected chi connectivity index (χ4v) is 3.76. The van der Waals surface area contributed by atoms with E-state index in [2.05, 4.69) is 15.9 Å². The monoisotopic (exact) mass is 304 g/mol. The van der Waals surface area contributed by atoms with Gasteiger partial charge in [0.25, 0.3) is 0 Å². The number of hydrogen-bond donors (Lipinski definition) is 0. The SMILES string of the molecule is Cc1ccc(CN2CCCN(C(=O)CC3CCCC3)CC2)o1. The Hall–Kier alpha value is -1.29. The van der Waals surface area contributed by atoms with Crippen LogP contribution >= 0.6 is 0 Å². The van der Waals surface area contributed by atoms with Crippen molar-refractivity contribution in [2.75, 3.05) is 26.2 Å².